The minimum absolute atomic E-state index is 0.184. The summed E-state index contributed by atoms with van der Waals surface area (Å²) in [5, 5.41) is 14.6. The summed E-state index contributed by atoms with van der Waals surface area (Å²) in [7, 11) is 3.74. The van der Waals surface area contributed by atoms with E-state index in [0.29, 0.717) is 6.54 Å². The zero-order valence-corrected chi connectivity index (χ0v) is 11.8. The second kappa shape index (κ2) is 6.29. The van der Waals surface area contributed by atoms with Gasteiger partial charge in [-0.25, -0.2) is 0 Å². The van der Waals surface area contributed by atoms with Gasteiger partial charge in [-0.05, 0) is 32.5 Å². The molecule has 102 valence electrons. The topological polar surface area (TPSA) is 78.6 Å². The van der Waals surface area contributed by atoms with Crippen molar-refractivity contribution in [1.29, 1.82) is 0 Å². The Morgan fingerprint density at radius 1 is 1.67 bits per heavy atom. The van der Waals surface area contributed by atoms with E-state index in [0.717, 1.165) is 4.88 Å². The zero-order valence-electron chi connectivity index (χ0n) is 11.0. The molecule has 1 aromatic heterocycles. The third kappa shape index (κ3) is 4.73. The number of likely N-dealkylation sites (N-methyl/N-ethyl adjacent to an activating group) is 1. The van der Waals surface area contributed by atoms with Crippen LogP contribution in [0, 0.1) is 0 Å². The molecule has 4 N–H and O–H groups in total. The molecular formula is C12H21N3O2S. The van der Waals surface area contributed by atoms with Crippen LogP contribution in [-0.4, -0.2) is 48.7 Å². The lowest BCUT2D eigenvalue weighted by Gasteiger charge is -2.27. The monoisotopic (exact) mass is 271 g/mol. The van der Waals surface area contributed by atoms with Gasteiger partial charge >= 0.3 is 0 Å². The number of hydrogen-bond donors (Lipinski definition) is 3. The largest absolute Gasteiger partial charge is 0.387 e. The van der Waals surface area contributed by atoms with Crippen LogP contribution in [0.4, 0.5) is 0 Å². The smallest absolute Gasteiger partial charge is 0.242 e. The van der Waals surface area contributed by atoms with Crippen molar-refractivity contribution in [3.8, 4) is 0 Å². The third-order valence-corrected chi connectivity index (χ3v) is 3.39. The molecule has 0 aliphatic rings. The van der Waals surface area contributed by atoms with Crippen molar-refractivity contribution in [3.63, 3.8) is 0 Å². The van der Waals surface area contributed by atoms with E-state index in [1.165, 1.54) is 11.3 Å². The normalized spacial score (nSPS) is 16.3. The number of amides is 1. The van der Waals surface area contributed by atoms with E-state index in [1.54, 1.807) is 6.92 Å². The summed E-state index contributed by atoms with van der Waals surface area (Å²) in [6.45, 7) is 2.34. The average Bonchev–Trinajstić information content (AvgIpc) is 2.76. The quantitative estimate of drug-likeness (QED) is 0.689. The third-order valence-electron chi connectivity index (χ3n) is 2.43. The Labute approximate surface area is 112 Å². The summed E-state index contributed by atoms with van der Waals surface area (Å²) >= 11 is 1.45. The highest BCUT2D eigenvalue weighted by Gasteiger charge is 2.24. The molecule has 1 heterocycles. The van der Waals surface area contributed by atoms with Gasteiger partial charge in [-0.1, -0.05) is 6.07 Å². The number of carbonyl (C=O) groups excluding carboxylic acids is 1. The predicted molar refractivity (Wildman–Crippen MR) is 73.4 cm³/mol. The molecule has 0 aliphatic carbocycles. The van der Waals surface area contributed by atoms with Gasteiger partial charge in [-0.3, -0.25) is 4.79 Å². The molecule has 0 aromatic carbocycles. The van der Waals surface area contributed by atoms with Crippen molar-refractivity contribution in [2.75, 3.05) is 27.2 Å². The van der Waals surface area contributed by atoms with E-state index in [9.17, 15) is 9.90 Å². The van der Waals surface area contributed by atoms with Gasteiger partial charge in [0.1, 0.15) is 6.04 Å². The first-order valence-electron chi connectivity index (χ1n) is 5.75. The lowest BCUT2D eigenvalue weighted by atomic mass is 10.1. The maximum Gasteiger partial charge on any atom is 0.242 e. The molecule has 1 rings (SSSR count). The van der Waals surface area contributed by atoms with Gasteiger partial charge in [0.05, 0.1) is 5.60 Å². The number of thiophene rings is 1. The standard InChI is InChI=1S/C12H21N3O2S/c1-12(17,8-15(2)3)7-14-11(16)10(13)9-5-4-6-18-9/h4-6,10,17H,7-8,13H2,1-3H3,(H,14,16). The van der Waals surface area contributed by atoms with Crippen molar-refractivity contribution in [3.05, 3.63) is 22.4 Å². The molecule has 0 radical (unpaired) electrons. The molecule has 0 bridgehead atoms. The molecule has 1 aromatic rings. The van der Waals surface area contributed by atoms with Crippen LogP contribution in [0.2, 0.25) is 0 Å². The van der Waals surface area contributed by atoms with Gasteiger partial charge in [0, 0.05) is 18.0 Å². The van der Waals surface area contributed by atoms with Gasteiger partial charge in [-0.15, -0.1) is 11.3 Å². The second-order valence-corrected chi connectivity index (χ2v) is 5.92. The fraction of sp³-hybridized carbons (Fsp3) is 0.583. The van der Waals surface area contributed by atoms with Crippen LogP contribution in [0.1, 0.15) is 17.8 Å². The maximum absolute atomic E-state index is 11.8. The highest BCUT2D eigenvalue weighted by molar-refractivity contribution is 7.10. The number of carbonyl (C=O) groups is 1. The first kappa shape index (κ1) is 15.1. The first-order chi connectivity index (χ1) is 8.32. The zero-order chi connectivity index (χ0) is 13.8. The summed E-state index contributed by atoms with van der Waals surface area (Å²) in [6.07, 6.45) is 0. The van der Waals surface area contributed by atoms with Crippen molar-refractivity contribution in [2.24, 2.45) is 5.73 Å². The highest BCUT2D eigenvalue weighted by atomic mass is 32.1. The van der Waals surface area contributed by atoms with Crippen LogP contribution < -0.4 is 11.1 Å². The molecular weight excluding hydrogens is 250 g/mol. The number of nitrogens with two attached hydrogens (primary N) is 1. The lowest BCUT2D eigenvalue weighted by molar-refractivity contribution is -0.123. The van der Waals surface area contributed by atoms with Crippen LogP contribution in [0.15, 0.2) is 17.5 Å². The first-order valence-corrected chi connectivity index (χ1v) is 6.63. The van der Waals surface area contributed by atoms with E-state index < -0.39 is 11.6 Å². The molecule has 0 aliphatic heterocycles. The summed E-state index contributed by atoms with van der Waals surface area (Å²) in [5.41, 5.74) is 4.86. The van der Waals surface area contributed by atoms with E-state index in [2.05, 4.69) is 5.32 Å². The minimum atomic E-state index is -0.964. The SMILES string of the molecule is CN(C)CC(C)(O)CNC(=O)C(N)c1cccs1. The number of rotatable bonds is 6. The molecule has 18 heavy (non-hydrogen) atoms. The van der Waals surface area contributed by atoms with Crippen LogP contribution in [0.3, 0.4) is 0 Å². The molecule has 0 saturated heterocycles. The van der Waals surface area contributed by atoms with Crippen LogP contribution in [0.25, 0.3) is 0 Å². The number of aliphatic hydroxyl groups is 1. The van der Waals surface area contributed by atoms with Crippen LogP contribution in [-0.2, 0) is 4.79 Å². The summed E-state index contributed by atoms with van der Waals surface area (Å²) < 4.78 is 0. The Bertz CT molecular complexity index is 377. The highest BCUT2D eigenvalue weighted by Crippen LogP contribution is 2.16. The van der Waals surface area contributed by atoms with E-state index in [4.69, 9.17) is 5.73 Å². The average molecular weight is 271 g/mol. The molecule has 0 spiro atoms. The van der Waals surface area contributed by atoms with Gasteiger partial charge in [-0.2, -0.15) is 0 Å². The minimum Gasteiger partial charge on any atom is -0.387 e. The van der Waals surface area contributed by atoms with E-state index in [-0.39, 0.29) is 12.5 Å². The van der Waals surface area contributed by atoms with Gasteiger partial charge in [0.2, 0.25) is 5.91 Å². The maximum atomic E-state index is 11.8. The van der Waals surface area contributed by atoms with E-state index in [1.807, 2.05) is 36.5 Å². The Morgan fingerprint density at radius 2 is 2.33 bits per heavy atom. The van der Waals surface area contributed by atoms with Crippen LogP contribution in [0.5, 0.6) is 0 Å². The molecule has 2 atom stereocenters. The van der Waals surface area contributed by atoms with Crippen molar-refractivity contribution < 1.29 is 9.90 Å². The molecule has 0 fully saturated rings. The van der Waals surface area contributed by atoms with E-state index >= 15 is 0 Å². The van der Waals surface area contributed by atoms with Crippen molar-refractivity contribution in [1.82, 2.24) is 10.2 Å². The number of nitrogens with zero attached hydrogens (tertiary/aromatic N) is 1. The molecule has 0 saturated carbocycles. The van der Waals surface area contributed by atoms with Crippen LogP contribution >= 0.6 is 11.3 Å². The molecule has 5 nitrogen and oxygen atoms in total. The van der Waals surface area contributed by atoms with Gasteiger partial charge < -0.3 is 21.1 Å². The molecule has 2 unspecified atom stereocenters. The Morgan fingerprint density at radius 3 is 2.83 bits per heavy atom. The number of hydrogen-bond acceptors (Lipinski definition) is 5. The van der Waals surface area contributed by atoms with Gasteiger partial charge in [0.25, 0.3) is 0 Å². The van der Waals surface area contributed by atoms with Crippen molar-refractivity contribution in [2.45, 2.75) is 18.6 Å². The van der Waals surface area contributed by atoms with Gasteiger partial charge in [0.15, 0.2) is 0 Å². The lowest BCUT2D eigenvalue weighted by Crippen LogP contribution is -2.48. The van der Waals surface area contributed by atoms with Crippen molar-refractivity contribution >= 4 is 17.2 Å². The molecule has 6 heteroatoms. The summed E-state index contributed by atoms with van der Waals surface area (Å²) in [6, 6.07) is 3.02. The Kier molecular flexibility index (Phi) is 5.28. The number of nitrogens with one attached hydrogen (secondary N) is 1. The Hall–Kier alpha value is -0.950. The fourth-order valence-electron chi connectivity index (χ4n) is 1.72. The Balaban J connectivity index is 2.46. The fourth-order valence-corrected chi connectivity index (χ4v) is 2.45. The molecule has 1 amide bonds. The predicted octanol–water partition coefficient (Wildman–Crippen LogP) is 0.177. The summed E-state index contributed by atoms with van der Waals surface area (Å²) in [4.78, 5) is 14.5. The second-order valence-electron chi connectivity index (χ2n) is 4.95. The summed E-state index contributed by atoms with van der Waals surface area (Å²) in [5.74, 6) is -0.267.